The molecule has 0 spiro atoms. The van der Waals surface area contributed by atoms with Crippen molar-refractivity contribution in [3.05, 3.63) is 142 Å². The molecule has 0 radical (unpaired) electrons. The summed E-state index contributed by atoms with van der Waals surface area (Å²) in [4.78, 5) is 9.69. The van der Waals surface area contributed by atoms with Gasteiger partial charge in [-0.1, -0.05) is 94.2 Å². The van der Waals surface area contributed by atoms with Crippen LogP contribution in [0.3, 0.4) is 0 Å². The van der Waals surface area contributed by atoms with Gasteiger partial charge in [-0.3, -0.25) is 0 Å². The predicted octanol–water partition coefficient (Wildman–Crippen LogP) is 13.7. The number of azo groups is 2. The van der Waals surface area contributed by atoms with Gasteiger partial charge in [0.2, 0.25) is 5.13 Å². The molecule has 9 nitrogen and oxygen atoms in total. The van der Waals surface area contributed by atoms with Crippen LogP contribution in [0.15, 0.2) is 124 Å². The van der Waals surface area contributed by atoms with Crippen LogP contribution in [-0.4, -0.2) is 9.97 Å². The highest BCUT2D eigenvalue weighted by molar-refractivity contribution is 7.19. The van der Waals surface area contributed by atoms with E-state index in [1.807, 2.05) is 93.6 Å². The summed E-state index contributed by atoms with van der Waals surface area (Å²) < 4.78 is 0. The number of nitriles is 1. The van der Waals surface area contributed by atoms with E-state index in [0.29, 0.717) is 49.3 Å². The first-order valence-corrected chi connectivity index (χ1v) is 18.1. The van der Waals surface area contributed by atoms with Gasteiger partial charge in [-0.05, 0) is 99.5 Å². The predicted molar refractivity (Wildman–Crippen MR) is 217 cm³/mol. The number of anilines is 4. The van der Waals surface area contributed by atoms with Crippen molar-refractivity contribution in [1.29, 1.82) is 5.26 Å². The van der Waals surface area contributed by atoms with Crippen molar-refractivity contribution in [3.8, 4) is 17.3 Å². The molecule has 53 heavy (non-hydrogen) atoms. The van der Waals surface area contributed by atoms with Gasteiger partial charge >= 0.3 is 0 Å². The number of rotatable bonds is 9. The summed E-state index contributed by atoms with van der Waals surface area (Å²) in [6.45, 7) is 10.1. The van der Waals surface area contributed by atoms with E-state index in [2.05, 4.69) is 69.2 Å². The van der Waals surface area contributed by atoms with Crippen LogP contribution in [-0.2, 0) is 0 Å². The second kappa shape index (κ2) is 15.1. The zero-order chi connectivity index (χ0) is 37.1. The molecule has 0 aliphatic rings. The summed E-state index contributed by atoms with van der Waals surface area (Å²) in [6, 6.07) is 35.9. The highest BCUT2D eigenvalue weighted by Gasteiger charge is 2.19. The molecule has 0 aliphatic heterocycles. The van der Waals surface area contributed by atoms with Gasteiger partial charge in [0.05, 0.1) is 11.3 Å². The number of thiazole rings is 1. The Kier molecular flexibility index (Phi) is 10.0. The van der Waals surface area contributed by atoms with Gasteiger partial charge in [-0.25, -0.2) is 9.97 Å². The van der Waals surface area contributed by atoms with E-state index in [9.17, 15) is 5.26 Å². The van der Waals surface area contributed by atoms with E-state index in [0.717, 1.165) is 39.1 Å². The Morgan fingerprint density at radius 3 is 1.98 bits per heavy atom. The van der Waals surface area contributed by atoms with Crippen LogP contribution >= 0.6 is 22.9 Å². The Hall–Kier alpha value is -6.28. The third kappa shape index (κ3) is 7.97. The quantitative estimate of drug-likeness (QED) is 0.143. The average molecular weight is 732 g/mol. The first-order chi connectivity index (χ1) is 25.6. The van der Waals surface area contributed by atoms with Crippen molar-refractivity contribution in [1.82, 2.24) is 9.97 Å². The van der Waals surface area contributed by atoms with Crippen LogP contribution in [0.25, 0.3) is 22.0 Å². The maximum atomic E-state index is 10.3. The normalized spacial score (nSPS) is 11.4. The van der Waals surface area contributed by atoms with Crippen molar-refractivity contribution in [3.63, 3.8) is 0 Å². The lowest BCUT2D eigenvalue weighted by atomic mass is 10.0. The number of pyridine rings is 1. The highest BCUT2D eigenvalue weighted by Crippen LogP contribution is 2.43. The molecule has 0 fully saturated rings. The Morgan fingerprint density at radius 1 is 0.660 bits per heavy atom. The Bertz CT molecular complexity index is 2570. The first-order valence-electron chi connectivity index (χ1n) is 16.9. The number of hydrogen-bond acceptors (Lipinski definition) is 10. The van der Waals surface area contributed by atoms with Crippen LogP contribution in [0.2, 0.25) is 5.02 Å². The molecule has 0 unspecified atom stereocenters. The van der Waals surface area contributed by atoms with E-state index in [1.165, 1.54) is 27.8 Å². The van der Waals surface area contributed by atoms with Crippen LogP contribution in [0, 0.1) is 45.9 Å². The maximum absolute atomic E-state index is 10.3. The molecule has 0 bridgehead atoms. The molecule has 260 valence electrons. The van der Waals surface area contributed by atoms with Crippen LogP contribution in [0.4, 0.5) is 44.5 Å². The Labute approximate surface area is 316 Å². The second-order valence-corrected chi connectivity index (χ2v) is 14.2. The zero-order valence-electron chi connectivity index (χ0n) is 29.7. The molecule has 7 rings (SSSR count). The maximum Gasteiger partial charge on any atom is 0.232 e. The summed E-state index contributed by atoms with van der Waals surface area (Å²) >= 11 is 7.48. The smallest absolute Gasteiger partial charge is 0.232 e. The fourth-order valence-electron chi connectivity index (χ4n) is 5.88. The Morgan fingerprint density at radius 2 is 1.32 bits per heavy atom. The summed E-state index contributed by atoms with van der Waals surface area (Å²) in [6.07, 6.45) is 0. The van der Waals surface area contributed by atoms with E-state index in [1.54, 1.807) is 12.1 Å². The number of nitrogens with zero attached hydrogens (tertiary/aromatic N) is 7. The second-order valence-electron chi connectivity index (χ2n) is 12.8. The lowest BCUT2D eigenvalue weighted by Crippen LogP contribution is -2.04. The minimum atomic E-state index is 0.352. The number of fused-ring (bicyclic) bond motifs is 1. The van der Waals surface area contributed by atoms with Crippen molar-refractivity contribution in [2.75, 3.05) is 10.6 Å². The largest absolute Gasteiger partial charge is 0.339 e. The Balaban J connectivity index is 1.29. The molecule has 0 amide bonds. The van der Waals surface area contributed by atoms with Crippen LogP contribution in [0.1, 0.15) is 33.4 Å². The summed E-state index contributed by atoms with van der Waals surface area (Å²) in [5.41, 5.74) is 9.76. The lowest BCUT2D eigenvalue weighted by molar-refractivity contribution is 1.15. The molecule has 5 aromatic carbocycles. The van der Waals surface area contributed by atoms with Gasteiger partial charge in [0.1, 0.15) is 17.5 Å². The minimum Gasteiger partial charge on any atom is -0.339 e. The molecule has 0 saturated carbocycles. The number of hydrogen-bond donors (Lipinski definition) is 2. The van der Waals surface area contributed by atoms with Gasteiger partial charge < -0.3 is 10.6 Å². The molecular weight excluding hydrogens is 698 g/mol. The van der Waals surface area contributed by atoms with Crippen LogP contribution < -0.4 is 10.6 Å². The van der Waals surface area contributed by atoms with E-state index in [-0.39, 0.29) is 0 Å². The lowest BCUT2D eigenvalue weighted by Gasteiger charge is -2.16. The molecule has 2 N–H and O–H groups in total. The summed E-state index contributed by atoms with van der Waals surface area (Å²) in [5.74, 6) is 0.836. The molecule has 0 atom stereocenters. The summed E-state index contributed by atoms with van der Waals surface area (Å²) in [7, 11) is 0. The van der Waals surface area contributed by atoms with Crippen molar-refractivity contribution in [2.24, 2.45) is 20.5 Å². The topological polar surface area (TPSA) is 123 Å². The van der Waals surface area contributed by atoms with Gasteiger partial charge in [0, 0.05) is 27.5 Å². The van der Waals surface area contributed by atoms with Crippen LogP contribution in [0.5, 0.6) is 0 Å². The third-order valence-corrected chi connectivity index (χ3v) is 9.73. The molecule has 0 saturated heterocycles. The molecule has 0 aliphatic carbocycles. The number of nitrogens with one attached hydrogen (secondary N) is 2. The average Bonchev–Trinajstić information content (AvgIpc) is 3.55. The van der Waals surface area contributed by atoms with E-state index >= 15 is 0 Å². The van der Waals surface area contributed by atoms with E-state index in [4.69, 9.17) is 21.6 Å². The summed E-state index contributed by atoms with van der Waals surface area (Å²) in [5, 5.41) is 39.3. The van der Waals surface area contributed by atoms with E-state index < -0.39 is 0 Å². The van der Waals surface area contributed by atoms with Gasteiger partial charge in [0.25, 0.3) is 0 Å². The van der Waals surface area contributed by atoms with Crippen molar-refractivity contribution in [2.45, 2.75) is 34.6 Å². The number of aryl methyl sites for hydroxylation is 4. The molecule has 11 heteroatoms. The highest BCUT2D eigenvalue weighted by atomic mass is 35.5. The number of benzene rings is 5. The minimum absolute atomic E-state index is 0.352. The van der Waals surface area contributed by atoms with Crippen molar-refractivity contribution >= 4 is 78.2 Å². The first kappa shape index (κ1) is 35.1. The molecule has 2 aromatic heterocycles. The van der Waals surface area contributed by atoms with Gasteiger partial charge in [-0.2, -0.15) is 5.26 Å². The molecule has 7 aromatic rings. The van der Waals surface area contributed by atoms with Gasteiger partial charge in [0.15, 0.2) is 16.6 Å². The number of aromatic nitrogens is 2. The van der Waals surface area contributed by atoms with Gasteiger partial charge in [-0.15, -0.1) is 20.5 Å². The fourth-order valence-corrected chi connectivity index (χ4v) is 6.74. The monoisotopic (exact) mass is 731 g/mol. The SMILES string of the molecule is Cc1ccc(Nc2nc(Nc3ccc(C)cc3)c(N=Nc3nc(-c4ccc(Cl)cc4)c(N=Nc4ccc5c(C)cc(C)cc5c4)s3)c(C)c2C#N)cc1. The third-order valence-electron chi connectivity index (χ3n) is 8.65. The fraction of sp³-hybridized carbons (Fsp3) is 0.119. The molecule has 2 heterocycles. The molecular formula is C42H34ClN9S. The zero-order valence-corrected chi connectivity index (χ0v) is 31.3. The van der Waals surface area contributed by atoms with Crippen molar-refractivity contribution < 1.29 is 0 Å². The number of halogens is 1. The standard InChI is InChI=1S/C42H34ClN9S/c1-24-6-14-32(15-7-24)45-39-36(23-44)28(5)37(40(48-39)46-33-16-8-25(2)9-17-33)50-52-42-47-38(29-10-12-31(43)13-11-29)41(53-42)51-49-34-18-19-35-27(4)20-26(3)21-30(35)22-34/h6-22H,1-5H3,(H2,45,46,48).